The van der Waals surface area contributed by atoms with Crippen LogP contribution < -0.4 is 5.32 Å². The Labute approximate surface area is 126 Å². The van der Waals surface area contributed by atoms with Gasteiger partial charge in [0.05, 0.1) is 6.04 Å². The van der Waals surface area contributed by atoms with E-state index in [1.807, 2.05) is 42.5 Å². The molecule has 0 aliphatic rings. The predicted molar refractivity (Wildman–Crippen MR) is 84.6 cm³/mol. The van der Waals surface area contributed by atoms with E-state index in [0.717, 1.165) is 16.6 Å². The van der Waals surface area contributed by atoms with Crippen molar-refractivity contribution in [3.05, 3.63) is 60.2 Å². The largest absolute Gasteiger partial charge is 0.362 e. The van der Waals surface area contributed by atoms with Crippen molar-refractivity contribution in [2.75, 3.05) is 5.32 Å². The molecular weight excluding hydrogens is 276 g/mol. The first kappa shape index (κ1) is 12.7. The number of nitrogens with zero attached hydrogens (tertiary/aromatic N) is 5. The highest BCUT2D eigenvalue weighted by molar-refractivity contribution is 5.99. The minimum Gasteiger partial charge on any atom is -0.362 e. The second kappa shape index (κ2) is 5.07. The third-order valence-corrected chi connectivity index (χ3v) is 3.72. The first-order valence-corrected chi connectivity index (χ1v) is 7.11. The molecule has 1 N–H and O–H groups in total. The van der Waals surface area contributed by atoms with Crippen LogP contribution in [-0.4, -0.2) is 25.3 Å². The van der Waals surface area contributed by atoms with Gasteiger partial charge in [-0.05, 0) is 22.9 Å². The van der Waals surface area contributed by atoms with Crippen LogP contribution in [0.1, 0.15) is 18.5 Å². The molecule has 2 heterocycles. The highest BCUT2D eigenvalue weighted by Gasteiger charge is 2.13. The molecule has 6 nitrogen and oxygen atoms in total. The molecule has 0 saturated carbocycles. The molecule has 22 heavy (non-hydrogen) atoms. The number of rotatable bonds is 3. The van der Waals surface area contributed by atoms with E-state index in [-0.39, 0.29) is 6.04 Å². The van der Waals surface area contributed by atoms with Gasteiger partial charge in [-0.3, -0.25) is 0 Å². The molecule has 0 saturated heterocycles. The second-order valence-corrected chi connectivity index (χ2v) is 5.16. The average Bonchev–Trinajstić information content (AvgIpc) is 3.04. The Balaban J connectivity index is 1.83. The molecule has 0 fully saturated rings. The molecule has 0 unspecified atom stereocenters. The first-order chi connectivity index (χ1) is 10.8. The van der Waals surface area contributed by atoms with Crippen LogP contribution in [0.2, 0.25) is 0 Å². The van der Waals surface area contributed by atoms with Gasteiger partial charge in [-0.1, -0.05) is 54.6 Å². The van der Waals surface area contributed by atoms with Gasteiger partial charge in [0.2, 0.25) is 5.65 Å². The molecule has 0 radical (unpaired) electrons. The van der Waals surface area contributed by atoms with Gasteiger partial charge >= 0.3 is 0 Å². The molecule has 108 valence electrons. The Morgan fingerprint density at radius 3 is 2.50 bits per heavy atom. The summed E-state index contributed by atoms with van der Waals surface area (Å²) in [6, 6.07) is 18.4. The van der Waals surface area contributed by atoms with Crippen LogP contribution in [0, 0.1) is 0 Å². The summed E-state index contributed by atoms with van der Waals surface area (Å²) in [6.45, 7) is 2.11. The Kier molecular flexibility index (Phi) is 2.93. The summed E-state index contributed by atoms with van der Waals surface area (Å²) in [4.78, 5) is 0. The van der Waals surface area contributed by atoms with Crippen molar-refractivity contribution in [1.29, 1.82) is 0 Å². The van der Waals surface area contributed by atoms with E-state index in [4.69, 9.17) is 0 Å². The number of tetrazole rings is 1. The third kappa shape index (κ3) is 2.05. The lowest BCUT2D eigenvalue weighted by Gasteiger charge is -2.16. The number of hydrogen-bond acceptors (Lipinski definition) is 5. The molecule has 0 amide bonds. The molecule has 0 aliphatic heterocycles. The summed E-state index contributed by atoms with van der Waals surface area (Å²) in [5.41, 5.74) is 1.86. The number of benzene rings is 2. The molecular formula is C16H14N6. The molecule has 6 heteroatoms. The van der Waals surface area contributed by atoms with E-state index in [2.05, 4.69) is 45.0 Å². The number of aromatic nitrogens is 5. The van der Waals surface area contributed by atoms with Crippen molar-refractivity contribution < 1.29 is 0 Å². The van der Waals surface area contributed by atoms with Crippen molar-refractivity contribution in [2.45, 2.75) is 13.0 Å². The molecule has 4 aromatic rings. The average molecular weight is 290 g/mol. The number of fused-ring (bicyclic) bond motifs is 3. The van der Waals surface area contributed by atoms with Crippen molar-refractivity contribution in [3.8, 4) is 0 Å². The maximum absolute atomic E-state index is 4.50. The standard InChI is InChI=1S/C16H14N6/c1-11(12-7-3-2-4-8-12)17-15-13-9-5-6-10-14(13)16-18-20-21-22(16)19-15/h2-11H,1H3,(H,17,19)/t11-/m0/s1. The molecule has 0 spiro atoms. The van der Waals surface area contributed by atoms with Crippen LogP contribution >= 0.6 is 0 Å². The van der Waals surface area contributed by atoms with Crippen LogP contribution in [0.15, 0.2) is 54.6 Å². The summed E-state index contributed by atoms with van der Waals surface area (Å²) in [5.74, 6) is 0.770. The summed E-state index contributed by atoms with van der Waals surface area (Å²) in [5, 5.41) is 21.6. The Hall–Kier alpha value is -3.02. The summed E-state index contributed by atoms with van der Waals surface area (Å²) in [7, 11) is 0. The van der Waals surface area contributed by atoms with Crippen molar-refractivity contribution in [3.63, 3.8) is 0 Å². The van der Waals surface area contributed by atoms with Crippen molar-refractivity contribution >= 4 is 22.2 Å². The van der Waals surface area contributed by atoms with Gasteiger partial charge in [0.25, 0.3) is 0 Å². The van der Waals surface area contributed by atoms with Gasteiger partial charge in [0, 0.05) is 10.8 Å². The van der Waals surface area contributed by atoms with E-state index in [1.54, 1.807) is 0 Å². The normalized spacial score (nSPS) is 12.6. The summed E-state index contributed by atoms with van der Waals surface area (Å²) >= 11 is 0. The van der Waals surface area contributed by atoms with Crippen LogP contribution in [-0.2, 0) is 0 Å². The zero-order valence-corrected chi connectivity index (χ0v) is 12.0. The fraction of sp³-hybridized carbons (Fsp3) is 0.125. The molecule has 2 aromatic carbocycles. The molecule has 0 bridgehead atoms. The lowest BCUT2D eigenvalue weighted by Crippen LogP contribution is -2.10. The number of hydrogen-bond donors (Lipinski definition) is 1. The minimum absolute atomic E-state index is 0.131. The van der Waals surface area contributed by atoms with Gasteiger partial charge in [-0.2, -0.15) is 0 Å². The van der Waals surface area contributed by atoms with Gasteiger partial charge in [-0.15, -0.1) is 14.8 Å². The molecule has 0 aliphatic carbocycles. The Morgan fingerprint density at radius 2 is 1.68 bits per heavy atom. The van der Waals surface area contributed by atoms with Crippen LogP contribution in [0.5, 0.6) is 0 Å². The minimum atomic E-state index is 0.131. The first-order valence-electron chi connectivity index (χ1n) is 7.11. The smallest absolute Gasteiger partial charge is 0.207 e. The molecule has 1 atom stereocenters. The van der Waals surface area contributed by atoms with E-state index in [1.165, 1.54) is 10.2 Å². The van der Waals surface area contributed by atoms with Gasteiger partial charge in [-0.25, -0.2) is 0 Å². The van der Waals surface area contributed by atoms with Crippen molar-refractivity contribution in [1.82, 2.24) is 25.3 Å². The summed E-state index contributed by atoms with van der Waals surface area (Å²) < 4.78 is 1.46. The van der Waals surface area contributed by atoms with Crippen LogP contribution in [0.25, 0.3) is 16.4 Å². The van der Waals surface area contributed by atoms with Crippen LogP contribution in [0.3, 0.4) is 0 Å². The highest BCUT2D eigenvalue weighted by Crippen LogP contribution is 2.26. The predicted octanol–water partition coefficient (Wildman–Crippen LogP) is 2.85. The Bertz CT molecular complexity index is 931. The number of anilines is 1. The van der Waals surface area contributed by atoms with E-state index in [9.17, 15) is 0 Å². The fourth-order valence-electron chi connectivity index (χ4n) is 2.58. The molecule has 2 aromatic heterocycles. The van der Waals surface area contributed by atoms with E-state index < -0.39 is 0 Å². The maximum atomic E-state index is 4.50. The van der Waals surface area contributed by atoms with Gasteiger partial charge < -0.3 is 5.32 Å². The Morgan fingerprint density at radius 1 is 0.955 bits per heavy atom. The highest BCUT2D eigenvalue weighted by atomic mass is 15.6. The van der Waals surface area contributed by atoms with Crippen LogP contribution in [0.4, 0.5) is 5.82 Å². The van der Waals surface area contributed by atoms with Gasteiger partial charge in [0.1, 0.15) is 0 Å². The topological polar surface area (TPSA) is 68.0 Å². The number of nitrogens with one attached hydrogen (secondary N) is 1. The summed E-state index contributed by atoms with van der Waals surface area (Å²) in [6.07, 6.45) is 0. The quantitative estimate of drug-likeness (QED) is 0.628. The third-order valence-electron chi connectivity index (χ3n) is 3.72. The van der Waals surface area contributed by atoms with E-state index in [0.29, 0.717) is 5.65 Å². The maximum Gasteiger partial charge on any atom is 0.207 e. The van der Waals surface area contributed by atoms with Gasteiger partial charge in [0.15, 0.2) is 5.82 Å². The zero-order chi connectivity index (χ0) is 14.9. The zero-order valence-electron chi connectivity index (χ0n) is 12.0. The lowest BCUT2D eigenvalue weighted by atomic mass is 10.1. The van der Waals surface area contributed by atoms with Crippen molar-refractivity contribution in [2.24, 2.45) is 0 Å². The molecule has 4 rings (SSSR count). The monoisotopic (exact) mass is 290 g/mol. The lowest BCUT2D eigenvalue weighted by molar-refractivity contribution is 0.731. The SMILES string of the molecule is C[C@H](Nc1nn2nnnc2c2ccccc12)c1ccccc1. The second-order valence-electron chi connectivity index (χ2n) is 5.16. The fourth-order valence-corrected chi connectivity index (χ4v) is 2.58. The van der Waals surface area contributed by atoms with E-state index >= 15 is 0 Å².